The van der Waals surface area contributed by atoms with Crippen LogP contribution in [-0.4, -0.2) is 62.3 Å². The summed E-state index contributed by atoms with van der Waals surface area (Å²) in [6, 6.07) is 4.77. The number of hydrogen-bond acceptors (Lipinski definition) is 5. The average Bonchev–Trinajstić information content (AvgIpc) is 3.55. The van der Waals surface area contributed by atoms with Gasteiger partial charge in [0.15, 0.2) is 0 Å². The number of sulfonamides is 1. The van der Waals surface area contributed by atoms with Gasteiger partial charge >= 0.3 is 5.97 Å². The zero-order valence-corrected chi connectivity index (χ0v) is 18.1. The molecule has 1 aromatic rings. The van der Waals surface area contributed by atoms with Gasteiger partial charge in [0.25, 0.3) is 0 Å². The fraction of sp³-hybridized carbons (Fsp3) is 0.619. The summed E-state index contributed by atoms with van der Waals surface area (Å²) in [6.07, 6.45) is 3.22. The summed E-state index contributed by atoms with van der Waals surface area (Å²) in [5, 5.41) is 0. The van der Waals surface area contributed by atoms with E-state index in [-0.39, 0.29) is 42.2 Å². The van der Waals surface area contributed by atoms with Gasteiger partial charge in [0.2, 0.25) is 15.9 Å². The third-order valence-electron chi connectivity index (χ3n) is 5.63. The van der Waals surface area contributed by atoms with Crippen molar-refractivity contribution in [1.29, 1.82) is 0 Å². The third kappa shape index (κ3) is 5.78. The smallest absolute Gasteiger partial charge is 0.307 e. The van der Waals surface area contributed by atoms with Gasteiger partial charge in [-0.15, -0.1) is 0 Å². The molecular formula is C21H29FN2O5S. The monoisotopic (exact) mass is 440 g/mol. The van der Waals surface area contributed by atoms with Gasteiger partial charge in [-0.2, -0.15) is 4.31 Å². The Kier molecular flexibility index (Phi) is 7.46. The summed E-state index contributed by atoms with van der Waals surface area (Å²) in [5.74, 6) is -0.575. The van der Waals surface area contributed by atoms with Crippen LogP contribution in [0.1, 0.15) is 39.0 Å². The molecule has 2 fully saturated rings. The highest BCUT2D eigenvalue weighted by atomic mass is 32.2. The van der Waals surface area contributed by atoms with E-state index >= 15 is 0 Å². The van der Waals surface area contributed by atoms with E-state index < -0.39 is 15.8 Å². The Morgan fingerprint density at radius 3 is 2.33 bits per heavy atom. The minimum Gasteiger partial charge on any atom is -0.466 e. The quantitative estimate of drug-likeness (QED) is 0.551. The number of carbonyl (C=O) groups is 2. The van der Waals surface area contributed by atoms with Crippen molar-refractivity contribution in [1.82, 2.24) is 9.21 Å². The van der Waals surface area contributed by atoms with Crippen LogP contribution in [0.2, 0.25) is 0 Å². The molecule has 9 heteroatoms. The molecule has 0 N–H and O–H groups in total. The number of carbonyl (C=O) groups excluding carboxylic acids is 2. The highest BCUT2D eigenvalue weighted by Gasteiger charge is 2.35. The largest absolute Gasteiger partial charge is 0.466 e. The van der Waals surface area contributed by atoms with E-state index in [9.17, 15) is 22.4 Å². The van der Waals surface area contributed by atoms with Gasteiger partial charge in [-0.25, -0.2) is 12.8 Å². The lowest BCUT2D eigenvalue weighted by atomic mass is 9.96. The minimum atomic E-state index is -3.70. The second kappa shape index (κ2) is 9.87. The zero-order chi connectivity index (χ0) is 21.7. The molecule has 0 aromatic heterocycles. The van der Waals surface area contributed by atoms with E-state index in [1.54, 1.807) is 11.8 Å². The van der Waals surface area contributed by atoms with Crippen LogP contribution >= 0.6 is 0 Å². The first-order chi connectivity index (χ1) is 14.3. The minimum absolute atomic E-state index is 0.00923. The molecule has 1 aromatic carbocycles. The number of hydrogen-bond donors (Lipinski definition) is 0. The maximum Gasteiger partial charge on any atom is 0.307 e. The highest BCUT2D eigenvalue weighted by molar-refractivity contribution is 7.89. The van der Waals surface area contributed by atoms with Gasteiger partial charge < -0.3 is 9.64 Å². The molecule has 0 atom stereocenters. The van der Waals surface area contributed by atoms with Gasteiger partial charge in [-0.3, -0.25) is 9.59 Å². The first-order valence-corrected chi connectivity index (χ1v) is 12.0. The molecule has 0 bridgehead atoms. The lowest BCUT2D eigenvalue weighted by molar-refractivity contribution is -0.144. The standard InChI is InChI=1S/C21H29FN2O5S/c1-2-29-20(25)11-12-23(15-16-3-4-16)21(26)17-9-13-24(14-10-17)30(27,28)19-7-5-18(22)6-8-19/h5-8,16-17H,2-4,9-15H2,1H3. The van der Waals surface area contributed by atoms with Crippen molar-refractivity contribution < 1.29 is 27.1 Å². The van der Waals surface area contributed by atoms with Gasteiger partial charge in [0, 0.05) is 32.1 Å². The van der Waals surface area contributed by atoms with Crippen LogP contribution in [-0.2, 0) is 24.3 Å². The molecule has 7 nitrogen and oxygen atoms in total. The lowest BCUT2D eigenvalue weighted by Gasteiger charge is -2.33. The fourth-order valence-electron chi connectivity index (χ4n) is 3.72. The number of nitrogens with zero attached hydrogens (tertiary/aromatic N) is 2. The number of amides is 1. The number of ether oxygens (including phenoxy) is 1. The molecule has 1 heterocycles. The first-order valence-electron chi connectivity index (χ1n) is 10.5. The zero-order valence-electron chi connectivity index (χ0n) is 17.3. The van der Waals surface area contributed by atoms with Crippen molar-refractivity contribution in [3.8, 4) is 0 Å². The summed E-state index contributed by atoms with van der Waals surface area (Å²) in [4.78, 5) is 26.6. The first kappa shape index (κ1) is 22.7. The predicted octanol–water partition coefficient (Wildman–Crippen LogP) is 2.42. The van der Waals surface area contributed by atoms with E-state index in [4.69, 9.17) is 4.74 Å². The van der Waals surface area contributed by atoms with Crippen LogP contribution < -0.4 is 0 Å². The Balaban J connectivity index is 1.58. The highest BCUT2D eigenvalue weighted by Crippen LogP contribution is 2.31. The van der Waals surface area contributed by atoms with Crippen LogP contribution in [0.15, 0.2) is 29.2 Å². The summed E-state index contributed by atoms with van der Waals surface area (Å²) in [7, 11) is -3.70. The van der Waals surface area contributed by atoms with Crippen molar-refractivity contribution >= 4 is 21.9 Å². The van der Waals surface area contributed by atoms with Gasteiger partial charge in [0.05, 0.1) is 17.9 Å². The van der Waals surface area contributed by atoms with Crippen molar-refractivity contribution in [2.75, 3.05) is 32.8 Å². The Hall–Kier alpha value is -2.00. The molecule has 30 heavy (non-hydrogen) atoms. The Morgan fingerprint density at radius 1 is 1.13 bits per heavy atom. The Bertz CT molecular complexity index is 847. The van der Waals surface area contributed by atoms with E-state index in [0.717, 1.165) is 25.0 Å². The van der Waals surface area contributed by atoms with Crippen LogP contribution in [0.4, 0.5) is 4.39 Å². The molecule has 0 radical (unpaired) electrons. The second-order valence-electron chi connectivity index (χ2n) is 7.91. The van der Waals surface area contributed by atoms with Crippen LogP contribution in [0.3, 0.4) is 0 Å². The van der Waals surface area contributed by atoms with Crippen LogP contribution in [0, 0.1) is 17.7 Å². The topological polar surface area (TPSA) is 84.0 Å². The number of piperidine rings is 1. The maximum absolute atomic E-state index is 13.1. The van der Waals surface area contributed by atoms with Gasteiger partial charge in [0.1, 0.15) is 5.82 Å². The Morgan fingerprint density at radius 2 is 1.77 bits per heavy atom. The normalized spacial score (nSPS) is 18.2. The molecule has 166 valence electrons. The van der Waals surface area contributed by atoms with Gasteiger partial charge in [-0.05, 0) is 62.8 Å². The predicted molar refractivity (Wildman–Crippen MR) is 108 cm³/mol. The molecule has 1 amide bonds. The van der Waals surface area contributed by atoms with E-state index in [0.29, 0.717) is 38.5 Å². The summed E-state index contributed by atoms with van der Waals surface area (Å²) < 4.78 is 44.9. The molecule has 1 aliphatic heterocycles. The van der Waals surface area contributed by atoms with Crippen LogP contribution in [0.5, 0.6) is 0 Å². The van der Waals surface area contributed by atoms with Crippen molar-refractivity contribution in [3.05, 3.63) is 30.1 Å². The molecule has 0 unspecified atom stereocenters. The number of rotatable bonds is 9. The summed E-state index contributed by atoms with van der Waals surface area (Å²) in [5.41, 5.74) is 0. The lowest BCUT2D eigenvalue weighted by Crippen LogP contribution is -2.45. The van der Waals surface area contributed by atoms with Crippen molar-refractivity contribution in [2.24, 2.45) is 11.8 Å². The second-order valence-corrected chi connectivity index (χ2v) is 9.85. The number of halogens is 1. The summed E-state index contributed by atoms with van der Waals surface area (Å²) >= 11 is 0. The SMILES string of the molecule is CCOC(=O)CCN(CC1CC1)C(=O)C1CCN(S(=O)(=O)c2ccc(F)cc2)CC1. The van der Waals surface area contributed by atoms with Crippen LogP contribution in [0.25, 0.3) is 0 Å². The molecule has 1 aliphatic carbocycles. The van der Waals surface area contributed by atoms with E-state index in [1.165, 1.54) is 16.4 Å². The van der Waals surface area contributed by atoms with Crippen molar-refractivity contribution in [3.63, 3.8) is 0 Å². The van der Waals surface area contributed by atoms with Crippen molar-refractivity contribution in [2.45, 2.75) is 43.9 Å². The molecular weight excluding hydrogens is 411 g/mol. The van der Waals surface area contributed by atoms with E-state index in [1.807, 2.05) is 0 Å². The number of benzene rings is 1. The molecule has 1 saturated heterocycles. The van der Waals surface area contributed by atoms with E-state index in [2.05, 4.69) is 0 Å². The third-order valence-corrected chi connectivity index (χ3v) is 7.55. The molecule has 1 saturated carbocycles. The molecule has 2 aliphatic rings. The Labute approximate surface area is 177 Å². The fourth-order valence-corrected chi connectivity index (χ4v) is 5.19. The maximum atomic E-state index is 13.1. The molecule has 0 spiro atoms. The van der Waals surface area contributed by atoms with Gasteiger partial charge in [-0.1, -0.05) is 0 Å². The summed E-state index contributed by atoms with van der Waals surface area (Å²) in [6.45, 7) is 3.53. The average molecular weight is 441 g/mol. The number of esters is 1. The molecule has 3 rings (SSSR count).